The molecule has 1 aromatic carbocycles. The van der Waals surface area contributed by atoms with Crippen LogP contribution in [0.3, 0.4) is 0 Å². The molecule has 0 saturated carbocycles. The summed E-state index contributed by atoms with van der Waals surface area (Å²) in [5.41, 5.74) is 0.758. The molecule has 0 aliphatic carbocycles. The van der Waals surface area contributed by atoms with Crippen LogP contribution in [0, 0.1) is 5.92 Å². The number of piperazine rings is 1. The maximum absolute atomic E-state index is 12.9. The highest BCUT2D eigenvalue weighted by atomic mass is 16.6. The van der Waals surface area contributed by atoms with Crippen LogP contribution >= 0.6 is 0 Å². The van der Waals surface area contributed by atoms with E-state index in [1.807, 2.05) is 23.1 Å². The third kappa shape index (κ3) is 3.79. The van der Waals surface area contributed by atoms with E-state index in [2.05, 4.69) is 4.90 Å². The number of anilines is 1. The van der Waals surface area contributed by atoms with Crippen molar-refractivity contribution in [3.63, 3.8) is 0 Å². The number of nitrogens with zero attached hydrogens (tertiary/aromatic N) is 3. The summed E-state index contributed by atoms with van der Waals surface area (Å²) in [6.45, 7) is 6.11. The van der Waals surface area contributed by atoms with E-state index in [-0.39, 0.29) is 11.8 Å². The van der Waals surface area contributed by atoms with Gasteiger partial charge in [0.05, 0.1) is 6.61 Å². The number of benzene rings is 1. The number of hydrogen-bond donors (Lipinski definition) is 0. The van der Waals surface area contributed by atoms with E-state index in [1.165, 1.54) is 0 Å². The first-order valence-corrected chi connectivity index (χ1v) is 9.88. The minimum Gasteiger partial charge on any atom is -0.486 e. The van der Waals surface area contributed by atoms with Crippen LogP contribution in [0.4, 0.5) is 5.69 Å². The summed E-state index contributed by atoms with van der Waals surface area (Å²) in [5.74, 6) is 0.595. The average molecular weight is 389 g/mol. The van der Waals surface area contributed by atoms with Gasteiger partial charge in [0.15, 0.2) is 11.5 Å². The van der Waals surface area contributed by atoms with Gasteiger partial charge in [0, 0.05) is 58.1 Å². The van der Waals surface area contributed by atoms with Gasteiger partial charge in [0.2, 0.25) is 11.8 Å². The van der Waals surface area contributed by atoms with Crippen LogP contribution in [-0.4, -0.2) is 87.8 Å². The lowest BCUT2D eigenvalue weighted by Crippen LogP contribution is -2.51. The van der Waals surface area contributed by atoms with Gasteiger partial charge in [-0.2, -0.15) is 0 Å². The summed E-state index contributed by atoms with van der Waals surface area (Å²) in [7, 11) is 1.69. The summed E-state index contributed by atoms with van der Waals surface area (Å²) in [6.07, 6.45) is 0.552. The fraction of sp³-hybridized carbons (Fsp3) is 0.600. The molecule has 4 rings (SSSR count). The van der Waals surface area contributed by atoms with E-state index < -0.39 is 5.92 Å². The molecule has 0 N–H and O–H groups in total. The molecule has 3 aliphatic heterocycles. The fourth-order valence-electron chi connectivity index (χ4n) is 4.00. The number of fused-ring (bicyclic) bond motifs is 1. The Hall–Kier alpha value is -2.32. The van der Waals surface area contributed by atoms with Crippen LogP contribution in [-0.2, 0) is 14.3 Å². The standard InChI is InChI=1S/C20H27N3O5/c1-26-11-10-21-6-8-22(9-7-21)19(24)16-4-5-23(20(16)25)15-2-3-17-18(14-15)28-13-12-27-17/h2-3,14,16H,4-13H2,1H3/t16-/m1/s1. The topological polar surface area (TPSA) is 71.6 Å². The molecule has 1 aromatic rings. The largest absolute Gasteiger partial charge is 0.486 e. The minimum atomic E-state index is -0.585. The average Bonchev–Trinajstić information content (AvgIpc) is 3.13. The Balaban J connectivity index is 1.37. The Morgan fingerprint density at radius 3 is 2.61 bits per heavy atom. The normalized spacial score (nSPS) is 22.6. The lowest BCUT2D eigenvalue weighted by Gasteiger charge is -2.35. The number of carbonyl (C=O) groups excluding carboxylic acids is 2. The first kappa shape index (κ1) is 19.0. The van der Waals surface area contributed by atoms with Crippen LogP contribution in [0.25, 0.3) is 0 Å². The van der Waals surface area contributed by atoms with Crippen molar-refractivity contribution in [2.75, 3.05) is 71.1 Å². The van der Waals surface area contributed by atoms with Crippen molar-refractivity contribution in [2.24, 2.45) is 5.92 Å². The second-order valence-electron chi connectivity index (χ2n) is 7.32. The Bertz CT molecular complexity index is 733. The zero-order chi connectivity index (χ0) is 19.5. The lowest BCUT2D eigenvalue weighted by molar-refractivity contribution is -0.141. The molecule has 0 unspecified atom stereocenters. The molecule has 0 bridgehead atoms. The zero-order valence-corrected chi connectivity index (χ0v) is 16.3. The molecular weight excluding hydrogens is 362 g/mol. The molecule has 28 heavy (non-hydrogen) atoms. The number of amides is 2. The van der Waals surface area contributed by atoms with Crippen molar-refractivity contribution in [1.29, 1.82) is 0 Å². The molecular formula is C20H27N3O5. The summed E-state index contributed by atoms with van der Waals surface area (Å²) in [4.78, 5) is 31.7. The van der Waals surface area contributed by atoms with Crippen molar-refractivity contribution in [1.82, 2.24) is 9.80 Å². The first-order chi connectivity index (χ1) is 13.7. The molecule has 3 heterocycles. The van der Waals surface area contributed by atoms with Gasteiger partial charge >= 0.3 is 0 Å². The van der Waals surface area contributed by atoms with Gasteiger partial charge in [-0.1, -0.05) is 0 Å². The van der Waals surface area contributed by atoms with Gasteiger partial charge in [-0.3, -0.25) is 14.5 Å². The molecule has 1 atom stereocenters. The maximum Gasteiger partial charge on any atom is 0.239 e. The van der Waals surface area contributed by atoms with Crippen molar-refractivity contribution in [3.05, 3.63) is 18.2 Å². The molecule has 152 valence electrons. The van der Waals surface area contributed by atoms with Gasteiger partial charge in [0.25, 0.3) is 0 Å². The van der Waals surface area contributed by atoms with Crippen molar-refractivity contribution >= 4 is 17.5 Å². The van der Waals surface area contributed by atoms with Crippen molar-refractivity contribution in [3.8, 4) is 11.5 Å². The minimum absolute atomic E-state index is 0.0450. The highest BCUT2D eigenvalue weighted by molar-refractivity contribution is 6.09. The van der Waals surface area contributed by atoms with E-state index in [9.17, 15) is 9.59 Å². The van der Waals surface area contributed by atoms with Gasteiger partial charge in [-0.25, -0.2) is 0 Å². The number of rotatable bonds is 5. The van der Waals surface area contributed by atoms with E-state index in [4.69, 9.17) is 14.2 Å². The SMILES string of the molecule is COCCN1CCN(C(=O)[C@H]2CCN(c3ccc4c(c3)OCCO4)C2=O)CC1. The van der Waals surface area contributed by atoms with Crippen LogP contribution in [0.15, 0.2) is 18.2 Å². The van der Waals surface area contributed by atoms with Crippen LogP contribution in [0.5, 0.6) is 11.5 Å². The Morgan fingerprint density at radius 1 is 1.11 bits per heavy atom. The third-order valence-electron chi connectivity index (χ3n) is 5.64. The van der Waals surface area contributed by atoms with Gasteiger partial charge in [0.1, 0.15) is 19.1 Å². The number of hydrogen-bond acceptors (Lipinski definition) is 6. The van der Waals surface area contributed by atoms with Crippen LogP contribution in [0.1, 0.15) is 6.42 Å². The number of methoxy groups -OCH3 is 1. The van der Waals surface area contributed by atoms with Crippen molar-refractivity contribution < 1.29 is 23.8 Å². The highest BCUT2D eigenvalue weighted by Crippen LogP contribution is 2.36. The lowest BCUT2D eigenvalue weighted by atomic mass is 10.1. The monoisotopic (exact) mass is 389 g/mol. The molecule has 8 heteroatoms. The predicted molar refractivity (Wildman–Crippen MR) is 103 cm³/mol. The molecule has 3 aliphatic rings. The predicted octanol–water partition coefficient (Wildman–Crippen LogP) is 0.601. The number of ether oxygens (including phenoxy) is 3. The molecule has 2 amide bonds. The number of carbonyl (C=O) groups is 2. The highest BCUT2D eigenvalue weighted by Gasteiger charge is 2.40. The smallest absolute Gasteiger partial charge is 0.239 e. The third-order valence-corrected chi connectivity index (χ3v) is 5.64. The Labute approximate surface area is 164 Å². The fourth-order valence-corrected chi connectivity index (χ4v) is 4.00. The van der Waals surface area contributed by atoms with Crippen LogP contribution < -0.4 is 14.4 Å². The van der Waals surface area contributed by atoms with Gasteiger partial charge < -0.3 is 24.0 Å². The van der Waals surface area contributed by atoms with E-state index in [0.717, 1.165) is 25.3 Å². The van der Waals surface area contributed by atoms with Gasteiger partial charge in [-0.15, -0.1) is 0 Å². The second-order valence-corrected chi connectivity index (χ2v) is 7.32. The summed E-state index contributed by atoms with van der Waals surface area (Å²) in [6, 6.07) is 5.51. The molecule has 2 saturated heterocycles. The summed E-state index contributed by atoms with van der Waals surface area (Å²) < 4.78 is 16.3. The Kier molecular flexibility index (Phi) is 5.68. The van der Waals surface area contributed by atoms with E-state index in [1.54, 1.807) is 12.0 Å². The van der Waals surface area contributed by atoms with Crippen molar-refractivity contribution in [2.45, 2.75) is 6.42 Å². The first-order valence-electron chi connectivity index (χ1n) is 9.88. The second kappa shape index (κ2) is 8.36. The molecule has 2 fully saturated rings. The Morgan fingerprint density at radius 2 is 1.86 bits per heavy atom. The quantitative estimate of drug-likeness (QED) is 0.687. The van der Waals surface area contributed by atoms with E-state index >= 15 is 0 Å². The molecule has 0 spiro atoms. The maximum atomic E-state index is 12.9. The summed E-state index contributed by atoms with van der Waals surface area (Å²) in [5, 5.41) is 0. The molecule has 0 aromatic heterocycles. The van der Waals surface area contributed by atoms with Gasteiger partial charge in [-0.05, 0) is 18.6 Å². The zero-order valence-electron chi connectivity index (χ0n) is 16.3. The van der Waals surface area contributed by atoms with E-state index in [0.29, 0.717) is 57.4 Å². The molecule has 8 nitrogen and oxygen atoms in total. The van der Waals surface area contributed by atoms with Crippen LogP contribution in [0.2, 0.25) is 0 Å². The molecule has 0 radical (unpaired) electrons. The summed E-state index contributed by atoms with van der Waals surface area (Å²) >= 11 is 0.